The van der Waals surface area contributed by atoms with Crippen LogP contribution in [0.25, 0.3) is 0 Å². The fourth-order valence-corrected chi connectivity index (χ4v) is 4.09. The van der Waals surface area contributed by atoms with Crippen molar-refractivity contribution in [1.29, 1.82) is 0 Å². The maximum atomic E-state index is 5.50. The van der Waals surface area contributed by atoms with Crippen molar-refractivity contribution in [3.05, 3.63) is 0 Å². The topological polar surface area (TPSA) is 15.7 Å². The lowest BCUT2D eigenvalue weighted by Gasteiger charge is -2.53. The highest BCUT2D eigenvalue weighted by Crippen LogP contribution is 2.39. The molecule has 2 aliphatic heterocycles. The number of hydrogen-bond acceptors (Lipinski definition) is 3. The monoisotopic (exact) mass is 254 g/mol. The van der Waals surface area contributed by atoms with E-state index in [-0.39, 0.29) is 5.54 Å². The molecule has 3 unspecified atom stereocenters. The maximum absolute atomic E-state index is 5.50. The summed E-state index contributed by atoms with van der Waals surface area (Å²) in [6.45, 7) is 13.8. The summed E-state index contributed by atoms with van der Waals surface area (Å²) in [5.74, 6) is 0. The van der Waals surface area contributed by atoms with Gasteiger partial charge in [-0.25, -0.2) is 0 Å². The Kier molecular flexibility index (Phi) is 4.05. The summed E-state index contributed by atoms with van der Waals surface area (Å²) in [4.78, 5) is 5.42. The summed E-state index contributed by atoms with van der Waals surface area (Å²) in [6, 6.07) is 2.60. The zero-order valence-electron chi connectivity index (χ0n) is 12.9. The second-order valence-corrected chi connectivity index (χ2v) is 7.19. The maximum Gasteiger partial charge on any atom is 0.0633 e. The highest BCUT2D eigenvalue weighted by Gasteiger charge is 2.50. The molecule has 2 fully saturated rings. The van der Waals surface area contributed by atoms with Crippen LogP contribution < -0.4 is 0 Å². The van der Waals surface area contributed by atoms with Crippen LogP contribution in [0.5, 0.6) is 0 Å². The summed E-state index contributed by atoms with van der Waals surface area (Å²) in [6.07, 6.45) is 2.69. The lowest BCUT2D eigenvalue weighted by Crippen LogP contribution is -2.66. The molecule has 3 nitrogen and oxygen atoms in total. The van der Waals surface area contributed by atoms with E-state index in [0.29, 0.717) is 18.1 Å². The first-order valence-corrected chi connectivity index (χ1v) is 7.39. The van der Waals surface area contributed by atoms with Crippen LogP contribution in [0.1, 0.15) is 47.5 Å². The first-order chi connectivity index (χ1) is 8.36. The number of fused-ring (bicyclic) bond motifs is 2. The van der Waals surface area contributed by atoms with E-state index < -0.39 is 0 Å². The Balaban J connectivity index is 2.23. The predicted octanol–water partition coefficient (Wildman–Crippen LogP) is 2.36. The first-order valence-electron chi connectivity index (χ1n) is 7.39. The molecule has 0 N–H and O–H groups in total. The van der Waals surface area contributed by atoms with Crippen molar-refractivity contribution in [2.45, 2.75) is 77.2 Å². The highest BCUT2D eigenvalue weighted by atomic mass is 16.5. The Morgan fingerprint density at radius 1 is 1.22 bits per heavy atom. The summed E-state index contributed by atoms with van der Waals surface area (Å²) in [5, 5.41) is 0. The van der Waals surface area contributed by atoms with Crippen LogP contribution in [-0.2, 0) is 4.74 Å². The minimum atomic E-state index is 0.279. The molecule has 2 aliphatic rings. The van der Waals surface area contributed by atoms with Crippen LogP contribution >= 0.6 is 0 Å². The second-order valence-electron chi connectivity index (χ2n) is 7.19. The van der Waals surface area contributed by atoms with Gasteiger partial charge in [0.2, 0.25) is 0 Å². The zero-order chi connectivity index (χ0) is 13.5. The van der Waals surface area contributed by atoms with Gasteiger partial charge in [-0.1, -0.05) is 0 Å². The predicted molar refractivity (Wildman–Crippen MR) is 75.9 cm³/mol. The number of rotatable bonds is 3. The Hall–Kier alpha value is -0.120. The molecule has 2 heterocycles. The normalized spacial score (nSPS) is 34.5. The molecule has 0 aliphatic carbocycles. The van der Waals surface area contributed by atoms with Crippen molar-refractivity contribution in [2.75, 3.05) is 20.3 Å². The average Bonchev–Trinajstić information content (AvgIpc) is 2.58. The standard InChI is InChI=1S/C15H30N2O/c1-11(2)16-9-12-7-8-13(14(16)10-18-6)17(12)15(3,4)5/h11-14H,7-10H2,1-6H3. The third kappa shape index (κ3) is 2.45. The minimum absolute atomic E-state index is 0.279. The summed E-state index contributed by atoms with van der Waals surface area (Å²) in [7, 11) is 1.83. The van der Waals surface area contributed by atoms with Crippen molar-refractivity contribution in [1.82, 2.24) is 9.80 Å². The molecule has 18 heavy (non-hydrogen) atoms. The van der Waals surface area contributed by atoms with E-state index in [1.54, 1.807) is 0 Å². The quantitative estimate of drug-likeness (QED) is 0.769. The molecule has 3 heteroatoms. The molecule has 0 aromatic carbocycles. The molecule has 0 radical (unpaired) electrons. The van der Waals surface area contributed by atoms with Crippen LogP contribution in [-0.4, -0.2) is 59.8 Å². The van der Waals surface area contributed by atoms with Gasteiger partial charge in [-0.05, 0) is 47.5 Å². The molecule has 0 spiro atoms. The summed E-state index contributed by atoms with van der Waals surface area (Å²) < 4.78 is 5.50. The molecule has 0 amide bonds. The first kappa shape index (κ1) is 14.3. The van der Waals surface area contributed by atoms with E-state index in [0.717, 1.165) is 12.6 Å². The van der Waals surface area contributed by atoms with Gasteiger partial charge in [0.15, 0.2) is 0 Å². The summed E-state index contributed by atoms with van der Waals surface area (Å²) in [5.41, 5.74) is 0.279. The Morgan fingerprint density at radius 2 is 1.89 bits per heavy atom. The molecule has 0 aromatic rings. The van der Waals surface area contributed by atoms with Crippen LogP contribution in [0, 0.1) is 0 Å². The minimum Gasteiger partial charge on any atom is -0.383 e. The van der Waals surface area contributed by atoms with Crippen LogP contribution in [0.15, 0.2) is 0 Å². The van der Waals surface area contributed by atoms with Crippen LogP contribution in [0.2, 0.25) is 0 Å². The van der Waals surface area contributed by atoms with E-state index >= 15 is 0 Å². The van der Waals surface area contributed by atoms with Crippen molar-refractivity contribution in [2.24, 2.45) is 0 Å². The third-order valence-electron chi connectivity index (χ3n) is 4.61. The van der Waals surface area contributed by atoms with Gasteiger partial charge >= 0.3 is 0 Å². The highest BCUT2D eigenvalue weighted by molar-refractivity contribution is 5.06. The van der Waals surface area contributed by atoms with Crippen LogP contribution in [0.4, 0.5) is 0 Å². The number of piperazine rings is 1. The van der Waals surface area contributed by atoms with Gasteiger partial charge in [-0.15, -0.1) is 0 Å². The molecule has 2 bridgehead atoms. The molecule has 106 valence electrons. The van der Waals surface area contributed by atoms with E-state index in [1.165, 1.54) is 19.4 Å². The lowest BCUT2D eigenvalue weighted by molar-refractivity contribution is -0.0675. The number of nitrogens with zero attached hydrogens (tertiary/aromatic N) is 2. The average molecular weight is 254 g/mol. The fraction of sp³-hybridized carbons (Fsp3) is 1.00. The smallest absolute Gasteiger partial charge is 0.0633 e. The van der Waals surface area contributed by atoms with Crippen molar-refractivity contribution in [3.63, 3.8) is 0 Å². The number of likely N-dealkylation sites (tertiary alicyclic amines) is 1. The number of methoxy groups -OCH3 is 1. The zero-order valence-corrected chi connectivity index (χ0v) is 12.9. The van der Waals surface area contributed by atoms with Crippen molar-refractivity contribution in [3.8, 4) is 0 Å². The van der Waals surface area contributed by atoms with Crippen molar-refractivity contribution >= 4 is 0 Å². The van der Waals surface area contributed by atoms with Gasteiger partial charge in [0, 0.05) is 43.4 Å². The Bertz CT molecular complexity index is 283. The fourth-order valence-electron chi connectivity index (χ4n) is 4.09. The molecular weight excluding hydrogens is 224 g/mol. The van der Waals surface area contributed by atoms with E-state index in [4.69, 9.17) is 4.74 Å². The number of ether oxygens (including phenoxy) is 1. The molecule has 0 aromatic heterocycles. The second kappa shape index (κ2) is 5.10. The SMILES string of the molecule is COCC1C2CCC(CN1C(C)C)N2C(C)(C)C. The number of hydrogen-bond donors (Lipinski definition) is 0. The van der Waals surface area contributed by atoms with Gasteiger partial charge in [-0.3, -0.25) is 9.80 Å². The van der Waals surface area contributed by atoms with Crippen molar-refractivity contribution < 1.29 is 4.74 Å². The molecule has 2 rings (SSSR count). The van der Waals surface area contributed by atoms with Gasteiger partial charge in [-0.2, -0.15) is 0 Å². The van der Waals surface area contributed by atoms with E-state index in [2.05, 4.69) is 44.4 Å². The van der Waals surface area contributed by atoms with Gasteiger partial charge in [0.05, 0.1) is 6.61 Å². The molecular formula is C15H30N2O. The Labute approximate surface area is 112 Å². The molecule has 0 saturated carbocycles. The van der Waals surface area contributed by atoms with E-state index in [9.17, 15) is 0 Å². The molecule has 2 saturated heterocycles. The van der Waals surface area contributed by atoms with Crippen LogP contribution in [0.3, 0.4) is 0 Å². The Morgan fingerprint density at radius 3 is 2.39 bits per heavy atom. The van der Waals surface area contributed by atoms with Gasteiger partial charge in [0.1, 0.15) is 0 Å². The van der Waals surface area contributed by atoms with E-state index in [1.807, 2.05) is 7.11 Å². The molecule has 3 atom stereocenters. The lowest BCUT2D eigenvalue weighted by atomic mass is 9.95. The van der Waals surface area contributed by atoms with Gasteiger partial charge < -0.3 is 4.74 Å². The third-order valence-corrected chi connectivity index (χ3v) is 4.61. The largest absolute Gasteiger partial charge is 0.383 e. The van der Waals surface area contributed by atoms with Gasteiger partial charge in [0.25, 0.3) is 0 Å². The summed E-state index contributed by atoms with van der Waals surface area (Å²) >= 11 is 0.